The van der Waals surface area contributed by atoms with Gasteiger partial charge in [0.25, 0.3) is 0 Å². The highest BCUT2D eigenvalue weighted by Gasteiger charge is 2.39. The minimum absolute atomic E-state index is 0.321. The maximum Gasteiger partial charge on any atom is 0.536 e. The number of carbonyl (C=O) groups is 1. The smallest absolute Gasteiger partial charge is 0.413 e. The molecule has 1 atom stereocenters. The van der Waals surface area contributed by atoms with Crippen LogP contribution in [0.15, 0.2) is 17.3 Å². The standard InChI is InChI=1S/C11H14N2O2/c1-5-13(8-6-7-12-9-13)10(14)15-11(2,3)4/h6-7,9H,8H2,2-4H3/q+1/t13-/m1/s1. The maximum absolute atomic E-state index is 11.8. The number of quaternary nitrogens is 1. The Kier molecular flexibility index (Phi) is 2.96. The van der Waals surface area contributed by atoms with Crippen LogP contribution in [0.25, 0.3) is 0 Å². The fourth-order valence-corrected chi connectivity index (χ4v) is 1.06. The summed E-state index contributed by atoms with van der Waals surface area (Å²) in [5.41, 5.74) is -0.575. The molecule has 4 heteroatoms. The molecule has 0 aromatic heterocycles. The molecule has 1 amide bonds. The Morgan fingerprint density at radius 3 is 2.67 bits per heavy atom. The lowest BCUT2D eigenvalue weighted by Gasteiger charge is -2.26. The fourth-order valence-electron chi connectivity index (χ4n) is 1.06. The zero-order valence-electron chi connectivity index (χ0n) is 9.15. The van der Waals surface area contributed by atoms with Crippen LogP contribution in [0.2, 0.25) is 0 Å². The van der Waals surface area contributed by atoms with Crippen LogP contribution in [-0.2, 0) is 4.74 Å². The molecule has 0 unspecified atom stereocenters. The molecule has 0 aliphatic carbocycles. The van der Waals surface area contributed by atoms with Crippen molar-refractivity contribution in [3.63, 3.8) is 0 Å². The number of hydrogen-bond donors (Lipinski definition) is 0. The second kappa shape index (κ2) is 3.87. The Morgan fingerprint density at radius 2 is 2.27 bits per heavy atom. The van der Waals surface area contributed by atoms with E-state index in [1.807, 2.05) is 0 Å². The molecule has 1 rings (SSSR count). The summed E-state index contributed by atoms with van der Waals surface area (Å²) in [6.07, 6.45) is 11.3. The average molecular weight is 206 g/mol. The fraction of sp³-hybridized carbons (Fsp3) is 0.455. The number of ether oxygens (including phenoxy) is 1. The minimum atomic E-state index is -0.575. The van der Waals surface area contributed by atoms with E-state index in [9.17, 15) is 4.79 Å². The van der Waals surface area contributed by atoms with Crippen LogP contribution in [0.1, 0.15) is 20.8 Å². The highest BCUT2D eigenvalue weighted by atomic mass is 16.6. The molecule has 0 bridgehead atoms. The van der Waals surface area contributed by atoms with Crippen LogP contribution >= 0.6 is 0 Å². The van der Waals surface area contributed by atoms with E-state index in [0.717, 1.165) is 0 Å². The van der Waals surface area contributed by atoms with Crippen molar-refractivity contribution in [1.82, 2.24) is 0 Å². The number of aliphatic imine (C=N–C) groups is 1. The maximum atomic E-state index is 11.8. The summed E-state index contributed by atoms with van der Waals surface area (Å²) in [4.78, 5) is 15.6. The summed E-state index contributed by atoms with van der Waals surface area (Å²) in [5, 5.41) is 0. The molecule has 0 fully saturated rings. The lowest BCUT2D eigenvalue weighted by molar-refractivity contribution is -0.681. The zero-order valence-corrected chi connectivity index (χ0v) is 9.15. The molecule has 15 heavy (non-hydrogen) atoms. The predicted octanol–water partition coefficient (Wildman–Crippen LogP) is 1.84. The molecule has 0 aromatic rings. The molecule has 0 spiro atoms. The molecule has 1 aliphatic heterocycles. The van der Waals surface area contributed by atoms with E-state index in [1.54, 1.807) is 33.0 Å². The van der Waals surface area contributed by atoms with Crippen LogP contribution in [0.5, 0.6) is 0 Å². The highest BCUT2D eigenvalue weighted by molar-refractivity contribution is 5.73. The topological polar surface area (TPSA) is 38.7 Å². The Hall–Kier alpha value is -1.60. The number of nitrogens with zero attached hydrogens (tertiary/aromatic N) is 2. The van der Waals surface area contributed by atoms with Gasteiger partial charge in [0.05, 0.1) is 6.42 Å². The van der Waals surface area contributed by atoms with Crippen molar-refractivity contribution in [1.29, 1.82) is 0 Å². The van der Waals surface area contributed by atoms with Gasteiger partial charge in [-0.25, -0.2) is 4.99 Å². The van der Waals surface area contributed by atoms with Crippen molar-refractivity contribution in [2.24, 2.45) is 4.99 Å². The molecule has 1 radical (unpaired) electrons. The van der Waals surface area contributed by atoms with Gasteiger partial charge >= 0.3 is 6.09 Å². The van der Waals surface area contributed by atoms with Gasteiger partial charge in [-0.2, -0.15) is 4.79 Å². The van der Waals surface area contributed by atoms with Crippen LogP contribution in [0.3, 0.4) is 0 Å². The van der Waals surface area contributed by atoms with Gasteiger partial charge in [0, 0.05) is 6.20 Å². The number of amides is 1. The van der Waals surface area contributed by atoms with E-state index in [-0.39, 0.29) is 0 Å². The zero-order chi connectivity index (χ0) is 11.5. The molecule has 1 heterocycles. The molecule has 79 valence electrons. The first-order chi connectivity index (χ1) is 6.90. The van der Waals surface area contributed by atoms with Crippen LogP contribution in [-0.4, -0.2) is 29.1 Å². The SMILES string of the molecule is [C]#C[N@+]1(C(=O)OC(C)(C)C)C=NC=CC1. The van der Waals surface area contributed by atoms with Crippen molar-refractivity contribution >= 4 is 12.4 Å². The van der Waals surface area contributed by atoms with Crippen LogP contribution in [0.4, 0.5) is 4.79 Å². The summed E-state index contributed by atoms with van der Waals surface area (Å²) < 4.78 is 4.76. The second-order valence-corrected chi connectivity index (χ2v) is 4.29. The summed E-state index contributed by atoms with van der Waals surface area (Å²) in [5.74, 6) is 0. The third-order valence-corrected chi connectivity index (χ3v) is 1.77. The summed E-state index contributed by atoms with van der Waals surface area (Å²) >= 11 is 0. The first-order valence-electron chi connectivity index (χ1n) is 4.64. The van der Waals surface area contributed by atoms with E-state index < -0.39 is 16.2 Å². The monoisotopic (exact) mass is 206 g/mol. The molecule has 1 aliphatic rings. The Labute approximate surface area is 89.8 Å². The molecule has 0 aromatic carbocycles. The number of rotatable bonds is 0. The summed E-state index contributed by atoms with van der Waals surface area (Å²) in [6, 6.07) is 2.15. The van der Waals surface area contributed by atoms with E-state index in [4.69, 9.17) is 11.2 Å². The Balaban J connectivity index is 2.86. The molecular weight excluding hydrogens is 192 g/mol. The summed E-state index contributed by atoms with van der Waals surface area (Å²) in [7, 11) is 0. The third kappa shape index (κ3) is 2.67. The molecular formula is C11H14N2O2+. The van der Waals surface area contributed by atoms with E-state index in [1.165, 1.54) is 6.34 Å². The van der Waals surface area contributed by atoms with Gasteiger partial charge in [0.1, 0.15) is 12.1 Å². The second-order valence-electron chi connectivity index (χ2n) is 4.29. The van der Waals surface area contributed by atoms with Crippen molar-refractivity contribution in [2.75, 3.05) is 6.54 Å². The number of carbonyl (C=O) groups excluding carboxylic acids is 1. The van der Waals surface area contributed by atoms with Gasteiger partial charge in [0.2, 0.25) is 6.34 Å². The quantitative estimate of drug-likeness (QED) is 0.448. The van der Waals surface area contributed by atoms with Crippen LogP contribution in [0, 0.1) is 12.5 Å². The van der Waals surface area contributed by atoms with Gasteiger partial charge < -0.3 is 4.74 Å². The largest absolute Gasteiger partial charge is 0.536 e. The average Bonchev–Trinajstić information content (AvgIpc) is 2.16. The molecule has 0 saturated heterocycles. The van der Waals surface area contributed by atoms with Gasteiger partial charge in [-0.05, 0) is 26.8 Å². The first-order valence-corrected chi connectivity index (χ1v) is 4.64. The van der Waals surface area contributed by atoms with Gasteiger partial charge in [-0.1, -0.05) is 4.48 Å². The van der Waals surface area contributed by atoms with Crippen LogP contribution < -0.4 is 0 Å². The van der Waals surface area contributed by atoms with Gasteiger partial charge in [-0.15, -0.1) is 0 Å². The Morgan fingerprint density at radius 1 is 1.60 bits per heavy atom. The van der Waals surface area contributed by atoms with Gasteiger partial charge in [0.15, 0.2) is 6.04 Å². The molecule has 0 saturated carbocycles. The van der Waals surface area contributed by atoms with Crippen molar-refractivity contribution < 1.29 is 14.0 Å². The van der Waals surface area contributed by atoms with Gasteiger partial charge in [-0.3, -0.25) is 0 Å². The minimum Gasteiger partial charge on any atom is -0.413 e. The Bertz CT molecular complexity index is 358. The van der Waals surface area contributed by atoms with Crippen molar-refractivity contribution in [2.45, 2.75) is 26.4 Å². The summed E-state index contributed by atoms with van der Waals surface area (Å²) in [6.45, 7) is 5.66. The molecule has 4 nitrogen and oxygen atoms in total. The number of hydrogen-bond acceptors (Lipinski definition) is 3. The van der Waals surface area contributed by atoms with Crippen molar-refractivity contribution in [3.05, 3.63) is 18.7 Å². The lowest BCUT2D eigenvalue weighted by Crippen LogP contribution is -2.50. The highest BCUT2D eigenvalue weighted by Crippen LogP contribution is 2.15. The van der Waals surface area contributed by atoms with E-state index in [0.29, 0.717) is 6.54 Å². The van der Waals surface area contributed by atoms with Crippen molar-refractivity contribution in [3.8, 4) is 6.04 Å². The lowest BCUT2D eigenvalue weighted by atomic mass is 10.2. The van der Waals surface area contributed by atoms with E-state index in [2.05, 4.69) is 11.0 Å². The first kappa shape index (κ1) is 11.5. The predicted molar refractivity (Wildman–Crippen MR) is 56.1 cm³/mol. The van der Waals surface area contributed by atoms with E-state index >= 15 is 0 Å². The third-order valence-electron chi connectivity index (χ3n) is 1.77. The molecule has 0 N–H and O–H groups in total. The normalized spacial score (nSPS) is 24.7.